The summed E-state index contributed by atoms with van der Waals surface area (Å²) in [5.41, 5.74) is 2.91. The van der Waals surface area contributed by atoms with E-state index in [0.29, 0.717) is 0 Å². The monoisotopic (exact) mass is 222 g/mol. The number of benzene rings is 1. The lowest BCUT2D eigenvalue weighted by Gasteiger charge is -2.06. The molecule has 0 heterocycles. The summed E-state index contributed by atoms with van der Waals surface area (Å²) in [6.07, 6.45) is 1.77. The number of carbonyl (C=O) groups excluding carboxylic acids is 1. The van der Waals surface area contributed by atoms with Crippen molar-refractivity contribution in [2.75, 3.05) is 18.1 Å². The zero-order valence-electron chi connectivity index (χ0n) is 8.82. The van der Waals surface area contributed by atoms with E-state index in [0.717, 1.165) is 16.8 Å². The van der Waals surface area contributed by atoms with Crippen molar-refractivity contribution in [3.8, 4) is 0 Å². The predicted octanol–water partition coefficient (Wildman–Crippen LogP) is 1.91. The smallest absolute Gasteiger partial charge is 0.234 e. The fraction of sp³-hybridized carbons (Fsp3) is 0.273. The van der Waals surface area contributed by atoms with E-state index in [1.165, 1.54) is 0 Å². The summed E-state index contributed by atoms with van der Waals surface area (Å²) in [4.78, 5) is 15.1. The van der Waals surface area contributed by atoms with Crippen LogP contribution in [0.3, 0.4) is 0 Å². The van der Waals surface area contributed by atoms with Gasteiger partial charge in [-0.1, -0.05) is 6.07 Å². The Morgan fingerprint density at radius 1 is 1.60 bits per heavy atom. The zero-order chi connectivity index (χ0) is 11.3. The lowest BCUT2D eigenvalue weighted by molar-refractivity contribution is -0.113. The molecule has 0 spiro atoms. The Morgan fingerprint density at radius 2 is 2.33 bits per heavy atom. The molecule has 0 aliphatic rings. The Balaban J connectivity index is 2.92. The van der Waals surface area contributed by atoms with Gasteiger partial charge < -0.3 is 5.32 Å². The normalized spacial score (nSPS) is 10.6. The molecule has 0 fully saturated rings. The van der Waals surface area contributed by atoms with Crippen LogP contribution in [0.1, 0.15) is 11.1 Å². The van der Waals surface area contributed by atoms with Crippen molar-refractivity contribution in [2.45, 2.75) is 6.92 Å². The summed E-state index contributed by atoms with van der Waals surface area (Å²) in [6.45, 7) is 2.00. The third-order valence-electron chi connectivity index (χ3n) is 1.97. The zero-order valence-corrected chi connectivity index (χ0v) is 9.71. The molecule has 0 aliphatic carbocycles. The van der Waals surface area contributed by atoms with Gasteiger partial charge in [0.05, 0.1) is 5.75 Å². The first kappa shape index (κ1) is 11.8. The topological polar surface area (TPSA) is 41.5 Å². The summed E-state index contributed by atoms with van der Waals surface area (Å²) in [7, 11) is 1.72. The maximum atomic E-state index is 11.1. The van der Waals surface area contributed by atoms with E-state index in [4.69, 9.17) is 0 Å². The van der Waals surface area contributed by atoms with Crippen LogP contribution < -0.4 is 5.32 Å². The number of anilines is 1. The van der Waals surface area contributed by atoms with E-state index in [1.54, 1.807) is 13.3 Å². The van der Waals surface area contributed by atoms with E-state index in [-0.39, 0.29) is 11.7 Å². The lowest BCUT2D eigenvalue weighted by atomic mass is 10.1. The molecule has 0 aromatic heterocycles. The van der Waals surface area contributed by atoms with Crippen LogP contribution in [0.15, 0.2) is 23.2 Å². The van der Waals surface area contributed by atoms with Gasteiger partial charge in [0.15, 0.2) is 0 Å². The molecule has 0 saturated heterocycles. The number of nitrogens with zero attached hydrogens (tertiary/aromatic N) is 1. The molecule has 0 bridgehead atoms. The quantitative estimate of drug-likeness (QED) is 0.595. The fourth-order valence-electron chi connectivity index (χ4n) is 1.20. The second-order valence-electron chi connectivity index (χ2n) is 3.16. The van der Waals surface area contributed by atoms with Crippen LogP contribution in [0.2, 0.25) is 0 Å². The highest BCUT2D eigenvalue weighted by Gasteiger charge is 2.01. The number of carbonyl (C=O) groups is 1. The second-order valence-corrected chi connectivity index (χ2v) is 3.48. The van der Waals surface area contributed by atoms with Crippen LogP contribution in [0.4, 0.5) is 5.69 Å². The molecule has 15 heavy (non-hydrogen) atoms. The highest BCUT2D eigenvalue weighted by Crippen LogP contribution is 2.13. The van der Waals surface area contributed by atoms with Gasteiger partial charge in [0.2, 0.25) is 5.91 Å². The highest BCUT2D eigenvalue weighted by molar-refractivity contribution is 7.81. The van der Waals surface area contributed by atoms with Crippen molar-refractivity contribution in [1.29, 1.82) is 0 Å². The minimum absolute atomic E-state index is 0.110. The van der Waals surface area contributed by atoms with Gasteiger partial charge in [0.25, 0.3) is 0 Å². The molecule has 1 aromatic rings. The van der Waals surface area contributed by atoms with Crippen molar-refractivity contribution >= 4 is 30.4 Å². The molecule has 0 atom stereocenters. The molecule has 1 amide bonds. The van der Waals surface area contributed by atoms with Gasteiger partial charge >= 0.3 is 0 Å². The van der Waals surface area contributed by atoms with E-state index in [1.807, 2.05) is 25.1 Å². The minimum atomic E-state index is -0.110. The van der Waals surface area contributed by atoms with E-state index in [2.05, 4.69) is 22.9 Å². The number of aryl methyl sites for hydroxylation is 1. The fourth-order valence-corrected chi connectivity index (χ4v) is 1.28. The molecule has 0 aliphatic heterocycles. The van der Waals surface area contributed by atoms with E-state index < -0.39 is 0 Å². The summed E-state index contributed by atoms with van der Waals surface area (Å²) in [5, 5.41) is 2.74. The van der Waals surface area contributed by atoms with Crippen LogP contribution >= 0.6 is 12.6 Å². The Morgan fingerprint density at radius 3 is 2.93 bits per heavy atom. The average molecular weight is 222 g/mol. The molecule has 0 radical (unpaired) electrons. The number of hydrogen-bond donors (Lipinski definition) is 2. The third-order valence-corrected chi connectivity index (χ3v) is 2.26. The molecule has 4 heteroatoms. The molecule has 0 saturated carbocycles. The summed E-state index contributed by atoms with van der Waals surface area (Å²) in [5.74, 6) is 0.0759. The van der Waals surface area contributed by atoms with Crippen LogP contribution in [-0.2, 0) is 4.79 Å². The summed E-state index contributed by atoms with van der Waals surface area (Å²) < 4.78 is 0. The summed E-state index contributed by atoms with van der Waals surface area (Å²) in [6, 6.07) is 5.71. The standard InChI is InChI=1S/C11H14N2OS/c1-8-3-4-10(13-11(14)7-15)5-9(8)6-12-2/h3-6,15H,7H2,1-2H3,(H,13,14). The van der Waals surface area contributed by atoms with Crippen molar-refractivity contribution < 1.29 is 4.79 Å². The molecule has 3 nitrogen and oxygen atoms in total. The third kappa shape index (κ3) is 3.40. The van der Waals surface area contributed by atoms with Gasteiger partial charge in [0, 0.05) is 18.9 Å². The number of rotatable bonds is 3. The van der Waals surface area contributed by atoms with Crippen LogP contribution in [0, 0.1) is 6.92 Å². The highest BCUT2D eigenvalue weighted by atomic mass is 32.1. The molecule has 0 unspecified atom stereocenters. The van der Waals surface area contributed by atoms with Gasteiger partial charge in [-0.3, -0.25) is 9.79 Å². The first-order valence-corrected chi connectivity index (χ1v) is 5.24. The Hall–Kier alpha value is -1.29. The van der Waals surface area contributed by atoms with Crippen molar-refractivity contribution in [3.05, 3.63) is 29.3 Å². The first-order chi connectivity index (χ1) is 7.17. The molecule has 1 N–H and O–H groups in total. The van der Waals surface area contributed by atoms with Crippen LogP contribution in [-0.4, -0.2) is 24.9 Å². The molecule has 80 valence electrons. The van der Waals surface area contributed by atoms with E-state index in [9.17, 15) is 4.79 Å². The van der Waals surface area contributed by atoms with Gasteiger partial charge in [-0.25, -0.2) is 0 Å². The van der Waals surface area contributed by atoms with Gasteiger partial charge in [0.1, 0.15) is 0 Å². The minimum Gasteiger partial charge on any atom is -0.325 e. The Bertz CT molecular complexity index is 388. The lowest BCUT2D eigenvalue weighted by Crippen LogP contribution is -2.12. The Kier molecular flexibility index (Phi) is 4.37. The number of aliphatic imine (C=N–C) groups is 1. The second kappa shape index (κ2) is 5.56. The van der Waals surface area contributed by atoms with Crippen LogP contribution in [0.25, 0.3) is 0 Å². The van der Waals surface area contributed by atoms with Crippen molar-refractivity contribution in [2.24, 2.45) is 4.99 Å². The van der Waals surface area contributed by atoms with Gasteiger partial charge in [-0.2, -0.15) is 12.6 Å². The maximum absolute atomic E-state index is 11.1. The largest absolute Gasteiger partial charge is 0.325 e. The van der Waals surface area contributed by atoms with Gasteiger partial charge in [-0.15, -0.1) is 0 Å². The van der Waals surface area contributed by atoms with Crippen LogP contribution in [0.5, 0.6) is 0 Å². The molecular formula is C11H14N2OS. The Labute approximate surface area is 95.0 Å². The first-order valence-electron chi connectivity index (χ1n) is 4.61. The number of hydrogen-bond acceptors (Lipinski definition) is 3. The van der Waals surface area contributed by atoms with E-state index >= 15 is 0 Å². The number of nitrogens with one attached hydrogen (secondary N) is 1. The molecule has 1 aromatic carbocycles. The predicted molar refractivity (Wildman–Crippen MR) is 67.2 cm³/mol. The van der Waals surface area contributed by atoms with Crippen molar-refractivity contribution in [1.82, 2.24) is 0 Å². The summed E-state index contributed by atoms with van der Waals surface area (Å²) >= 11 is 3.89. The van der Waals surface area contributed by atoms with Crippen molar-refractivity contribution in [3.63, 3.8) is 0 Å². The number of amides is 1. The maximum Gasteiger partial charge on any atom is 0.234 e. The number of thiol groups is 1. The SMILES string of the molecule is CN=Cc1cc(NC(=O)CS)ccc1C. The molecule has 1 rings (SSSR count). The van der Waals surface area contributed by atoms with Gasteiger partial charge in [-0.05, 0) is 30.2 Å². The molecular weight excluding hydrogens is 208 g/mol. The average Bonchev–Trinajstić information content (AvgIpc) is 2.23.